The maximum atomic E-state index is 13.5. The molecule has 5 atom stereocenters. The van der Waals surface area contributed by atoms with E-state index in [9.17, 15) is 12.3 Å². The second-order valence-corrected chi connectivity index (χ2v) is 12.9. The fraction of sp³-hybridized carbons (Fsp3) is 0.455. The molecule has 0 spiro atoms. The summed E-state index contributed by atoms with van der Waals surface area (Å²) in [6.45, 7) is 8.02. The van der Waals surface area contributed by atoms with E-state index < -0.39 is 23.9 Å². The molecule has 2 unspecified atom stereocenters. The number of aryl methyl sites for hydroxylation is 1. The molecule has 1 aliphatic rings. The zero-order valence-corrected chi connectivity index (χ0v) is 19.4. The van der Waals surface area contributed by atoms with Crippen molar-refractivity contribution in [3.05, 3.63) is 60.2 Å². The van der Waals surface area contributed by atoms with Gasteiger partial charge in [0.25, 0.3) is 0 Å². The molecule has 0 bridgehead atoms. The van der Waals surface area contributed by atoms with Gasteiger partial charge in [-0.3, -0.25) is 0 Å². The Bertz CT molecular complexity index is 928. The van der Waals surface area contributed by atoms with E-state index >= 15 is 0 Å². The molecule has 152 valence electrons. The fourth-order valence-corrected chi connectivity index (χ4v) is 10.3. The molecule has 1 fully saturated rings. The summed E-state index contributed by atoms with van der Waals surface area (Å²) in [5.74, 6) is 0.0412. The van der Waals surface area contributed by atoms with E-state index in [-0.39, 0.29) is 22.8 Å². The molecule has 4 nitrogen and oxygen atoms in total. The van der Waals surface area contributed by atoms with E-state index in [1.54, 1.807) is 16.4 Å². The molecular formula is C22H29NO3SSe. The van der Waals surface area contributed by atoms with Gasteiger partial charge in [0.05, 0.1) is 0 Å². The van der Waals surface area contributed by atoms with Gasteiger partial charge in [0.15, 0.2) is 0 Å². The molecule has 0 saturated carbocycles. The topological polar surface area (TPSA) is 54.5 Å². The van der Waals surface area contributed by atoms with Crippen LogP contribution in [0.15, 0.2) is 59.5 Å². The monoisotopic (exact) mass is 467 g/mol. The molecule has 0 aromatic heterocycles. The van der Waals surface area contributed by atoms with E-state index in [1.807, 2.05) is 56.3 Å². The molecule has 1 aliphatic heterocycles. The average molecular weight is 467 g/mol. The molecular weight excluding hydrogens is 437 g/mol. The van der Waals surface area contributed by atoms with Crippen LogP contribution < -0.4 is 4.46 Å². The number of sulfonamides is 1. The predicted octanol–water partition coefficient (Wildman–Crippen LogP) is 3.89. The van der Waals surface area contributed by atoms with Gasteiger partial charge in [0, 0.05) is 0 Å². The van der Waals surface area contributed by atoms with Gasteiger partial charge in [0.2, 0.25) is 0 Å². The van der Waals surface area contributed by atoms with Crippen LogP contribution >= 0.6 is 0 Å². The molecule has 0 radical (unpaired) electrons. The first-order valence-electron chi connectivity index (χ1n) is 9.85. The van der Waals surface area contributed by atoms with E-state index in [2.05, 4.69) is 13.8 Å². The molecule has 2 aromatic rings. The Morgan fingerprint density at radius 3 is 2.18 bits per heavy atom. The molecule has 0 amide bonds. The standard InChI is InChI=1S/C22H29NO3SSe/c1-5-9-21-22(28(26)20-10-7-6-8-11-20)17(3)18(4)23(21)27(24,25)19-14-12-16(2)13-15-19/h6-8,10-15,17-18,21-22H,5,9H2,1-4H3/t17-,18?,21-,22+,28?/m0/s1. The zero-order chi connectivity index (χ0) is 20.5. The number of hydrogen-bond donors (Lipinski definition) is 0. The van der Waals surface area contributed by atoms with Crippen molar-refractivity contribution >= 4 is 28.3 Å². The minimum atomic E-state index is -3.64. The first-order valence-corrected chi connectivity index (χ1v) is 13.8. The third-order valence-electron chi connectivity index (χ3n) is 5.79. The third kappa shape index (κ3) is 3.88. The molecule has 28 heavy (non-hydrogen) atoms. The Labute approximate surface area is 173 Å². The van der Waals surface area contributed by atoms with Crippen molar-refractivity contribution in [1.82, 2.24) is 4.31 Å². The molecule has 1 saturated heterocycles. The Morgan fingerprint density at radius 2 is 1.61 bits per heavy atom. The van der Waals surface area contributed by atoms with E-state index in [4.69, 9.17) is 0 Å². The number of rotatable bonds is 6. The van der Waals surface area contributed by atoms with E-state index in [0.29, 0.717) is 4.90 Å². The Hall–Kier alpha value is -1.33. The molecule has 6 heteroatoms. The van der Waals surface area contributed by atoms with Crippen molar-refractivity contribution in [1.29, 1.82) is 0 Å². The number of hydrogen-bond acceptors (Lipinski definition) is 3. The van der Waals surface area contributed by atoms with Gasteiger partial charge in [-0.15, -0.1) is 0 Å². The van der Waals surface area contributed by atoms with Gasteiger partial charge in [-0.2, -0.15) is 0 Å². The summed E-state index contributed by atoms with van der Waals surface area (Å²) in [4.78, 5) is 0.193. The quantitative estimate of drug-likeness (QED) is 0.607. The molecule has 3 rings (SSSR count). The third-order valence-corrected chi connectivity index (χ3v) is 12.0. The van der Waals surface area contributed by atoms with E-state index in [1.165, 1.54) is 0 Å². The van der Waals surface area contributed by atoms with Gasteiger partial charge in [-0.25, -0.2) is 0 Å². The van der Waals surface area contributed by atoms with Crippen LogP contribution in [-0.2, 0) is 13.9 Å². The van der Waals surface area contributed by atoms with Crippen LogP contribution in [0.4, 0.5) is 0 Å². The van der Waals surface area contributed by atoms with Gasteiger partial charge in [-0.1, -0.05) is 0 Å². The fourth-order valence-electron chi connectivity index (χ4n) is 4.17. The van der Waals surface area contributed by atoms with Gasteiger partial charge >= 0.3 is 173 Å². The summed E-state index contributed by atoms with van der Waals surface area (Å²) < 4.78 is 43.1. The zero-order valence-electron chi connectivity index (χ0n) is 16.9. The van der Waals surface area contributed by atoms with Crippen molar-refractivity contribution in [2.45, 2.75) is 62.3 Å². The second-order valence-electron chi connectivity index (χ2n) is 7.68. The number of nitrogens with zero attached hydrogens (tertiary/aromatic N) is 1. The summed E-state index contributed by atoms with van der Waals surface area (Å²) in [6.07, 6.45) is 1.58. The van der Waals surface area contributed by atoms with Crippen LogP contribution in [0.5, 0.6) is 0 Å². The summed E-state index contributed by atoms with van der Waals surface area (Å²) >= 11 is -2.40. The second kappa shape index (κ2) is 8.58. The van der Waals surface area contributed by atoms with Crippen molar-refractivity contribution in [2.75, 3.05) is 0 Å². The van der Waals surface area contributed by atoms with Crippen molar-refractivity contribution in [3.8, 4) is 0 Å². The molecule has 2 aromatic carbocycles. The van der Waals surface area contributed by atoms with Crippen LogP contribution in [0, 0.1) is 12.8 Å². The van der Waals surface area contributed by atoms with Crippen molar-refractivity contribution < 1.29 is 12.3 Å². The summed E-state index contributed by atoms with van der Waals surface area (Å²) in [5.41, 5.74) is 1.03. The Morgan fingerprint density at radius 1 is 1.00 bits per heavy atom. The Kier molecular flexibility index (Phi) is 6.55. The minimum absolute atomic E-state index is 0.0412. The molecule has 1 heterocycles. The van der Waals surface area contributed by atoms with Gasteiger partial charge < -0.3 is 0 Å². The summed E-state index contributed by atoms with van der Waals surface area (Å²) in [6, 6.07) is 16.2. The summed E-state index contributed by atoms with van der Waals surface area (Å²) in [5, 5.41) is 0. The van der Waals surface area contributed by atoms with Crippen molar-refractivity contribution in [3.63, 3.8) is 0 Å². The van der Waals surface area contributed by atoms with Gasteiger partial charge in [-0.05, 0) is 0 Å². The normalized spacial score (nSPS) is 27.0. The molecule has 0 aliphatic carbocycles. The predicted molar refractivity (Wildman–Crippen MR) is 114 cm³/mol. The first kappa shape index (κ1) is 21.4. The number of benzene rings is 2. The van der Waals surface area contributed by atoms with Crippen LogP contribution in [0.3, 0.4) is 0 Å². The summed E-state index contributed by atoms with van der Waals surface area (Å²) in [7, 11) is -3.64. The van der Waals surface area contributed by atoms with Crippen LogP contribution in [0.25, 0.3) is 0 Å². The Balaban J connectivity index is 2.03. The molecule has 0 N–H and O–H groups in total. The van der Waals surface area contributed by atoms with Gasteiger partial charge in [0.1, 0.15) is 0 Å². The van der Waals surface area contributed by atoms with E-state index in [0.717, 1.165) is 22.9 Å². The van der Waals surface area contributed by atoms with Crippen LogP contribution in [0.2, 0.25) is 4.82 Å². The maximum absolute atomic E-state index is 13.5. The average Bonchev–Trinajstić information content (AvgIpc) is 2.93. The first-order chi connectivity index (χ1) is 13.3. The van der Waals surface area contributed by atoms with Crippen molar-refractivity contribution in [2.24, 2.45) is 5.92 Å². The SMILES string of the molecule is CCC[C@H]1[C@H]([Se](=O)c2ccccc2)[C@@H](C)C(C)N1S(=O)(=O)c1ccc(C)cc1. The van der Waals surface area contributed by atoms with Crippen LogP contribution in [-0.4, -0.2) is 38.6 Å². The van der Waals surface area contributed by atoms with Crippen LogP contribution in [0.1, 0.15) is 39.2 Å².